The molecule has 1 saturated heterocycles. The quantitative estimate of drug-likeness (QED) is 0.827. The molecule has 0 atom stereocenters. The summed E-state index contributed by atoms with van der Waals surface area (Å²) in [5, 5.41) is 3.76. The van der Waals surface area contributed by atoms with Gasteiger partial charge in [0.25, 0.3) is 5.91 Å². The average Bonchev–Trinajstić information content (AvgIpc) is 2.66. The number of hydrogen-bond acceptors (Lipinski definition) is 2. The molecule has 27 heavy (non-hydrogen) atoms. The predicted molar refractivity (Wildman–Crippen MR) is 104 cm³/mol. The Hall–Kier alpha value is -2.11. The SMILES string of the molecule is O=C(NC1CCN(C(=O)Cc2ccc(F)cc2)CC1)c1cc(Cl)ccc1Cl. The maximum atomic E-state index is 13.0. The molecular weight excluding hydrogens is 390 g/mol. The molecule has 3 rings (SSSR count). The van der Waals surface area contributed by atoms with E-state index in [1.165, 1.54) is 12.1 Å². The molecule has 0 saturated carbocycles. The summed E-state index contributed by atoms with van der Waals surface area (Å²) in [4.78, 5) is 26.6. The lowest BCUT2D eigenvalue weighted by Gasteiger charge is -2.32. The summed E-state index contributed by atoms with van der Waals surface area (Å²) >= 11 is 12.0. The van der Waals surface area contributed by atoms with Crippen LogP contribution in [0.2, 0.25) is 10.0 Å². The number of carbonyl (C=O) groups is 2. The molecule has 0 aliphatic carbocycles. The lowest BCUT2D eigenvalue weighted by atomic mass is 10.0. The van der Waals surface area contributed by atoms with Crippen molar-refractivity contribution in [3.63, 3.8) is 0 Å². The van der Waals surface area contributed by atoms with Gasteiger partial charge < -0.3 is 10.2 Å². The Morgan fingerprint density at radius 2 is 1.74 bits per heavy atom. The van der Waals surface area contributed by atoms with E-state index in [0.29, 0.717) is 41.5 Å². The van der Waals surface area contributed by atoms with Gasteiger partial charge in [-0.1, -0.05) is 35.3 Å². The molecule has 0 aromatic heterocycles. The Morgan fingerprint density at radius 1 is 1.07 bits per heavy atom. The summed E-state index contributed by atoms with van der Waals surface area (Å²) in [7, 11) is 0. The molecule has 142 valence electrons. The second-order valence-corrected chi connectivity index (χ2v) is 7.40. The maximum absolute atomic E-state index is 13.0. The minimum atomic E-state index is -0.317. The first-order valence-corrected chi connectivity index (χ1v) is 9.46. The van der Waals surface area contributed by atoms with Gasteiger partial charge in [0, 0.05) is 24.2 Å². The van der Waals surface area contributed by atoms with Gasteiger partial charge in [0.05, 0.1) is 17.0 Å². The summed E-state index contributed by atoms with van der Waals surface area (Å²) in [6, 6.07) is 10.7. The van der Waals surface area contributed by atoms with Gasteiger partial charge in [-0.05, 0) is 48.7 Å². The van der Waals surface area contributed by atoms with Crippen LogP contribution in [-0.4, -0.2) is 35.8 Å². The van der Waals surface area contributed by atoms with E-state index in [1.807, 2.05) is 0 Å². The first-order valence-electron chi connectivity index (χ1n) is 8.70. The predicted octanol–water partition coefficient (Wildman–Crippen LogP) is 4.10. The van der Waals surface area contributed by atoms with Gasteiger partial charge in [-0.15, -0.1) is 0 Å². The van der Waals surface area contributed by atoms with E-state index in [0.717, 1.165) is 5.56 Å². The van der Waals surface area contributed by atoms with Crippen molar-refractivity contribution in [2.45, 2.75) is 25.3 Å². The van der Waals surface area contributed by atoms with E-state index in [1.54, 1.807) is 35.2 Å². The molecule has 0 bridgehead atoms. The van der Waals surface area contributed by atoms with Crippen LogP contribution in [0.5, 0.6) is 0 Å². The number of carbonyl (C=O) groups excluding carboxylic acids is 2. The van der Waals surface area contributed by atoms with Crippen molar-refractivity contribution < 1.29 is 14.0 Å². The van der Waals surface area contributed by atoms with E-state index in [9.17, 15) is 14.0 Å². The second kappa shape index (κ2) is 8.72. The Bertz CT molecular complexity index is 834. The van der Waals surface area contributed by atoms with Crippen molar-refractivity contribution in [2.24, 2.45) is 0 Å². The van der Waals surface area contributed by atoms with E-state index in [-0.39, 0.29) is 30.1 Å². The number of benzene rings is 2. The first kappa shape index (κ1) is 19.6. The number of amides is 2. The average molecular weight is 409 g/mol. The normalized spacial score (nSPS) is 14.9. The van der Waals surface area contributed by atoms with Gasteiger partial charge >= 0.3 is 0 Å². The topological polar surface area (TPSA) is 49.4 Å². The highest BCUT2D eigenvalue weighted by molar-refractivity contribution is 6.35. The number of nitrogens with one attached hydrogen (secondary N) is 1. The van der Waals surface area contributed by atoms with Crippen molar-refractivity contribution in [1.29, 1.82) is 0 Å². The van der Waals surface area contributed by atoms with E-state index in [2.05, 4.69) is 5.32 Å². The van der Waals surface area contributed by atoms with E-state index in [4.69, 9.17) is 23.2 Å². The fourth-order valence-electron chi connectivity index (χ4n) is 3.10. The van der Waals surface area contributed by atoms with Crippen molar-refractivity contribution in [3.05, 3.63) is 69.5 Å². The third kappa shape index (κ3) is 5.21. The highest BCUT2D eigenvalue weighted by atomic mass is 35.5. The Morgan fingerprint density at radius 3 is 2.41 bits per heavy atom. The van der Waals surface area contributed by atoms with Crippen LogP contribution in [0, 0.1) is 5.82 Å². The van der Waals surface area contributed by atoms with Crippen LogP contribution in [0.15, 0.2) is 42.5 Å². The monoisotopic (exact) mass is 408 g/mol. The largest absolute Gasteiger partial charge is 0.349 e. The van der Waals surface area contributed by atoms with Gasteiger partial charge in [0.15, 0.2) is 0 Å². The number of rotatable bonds is 4. The molecule has 1 N–H and O–H groups in total. The van der Waals surface area contributed by atoms with E-state index >= 15 is 0 Å². The van der Waals surface area contributed by atoms with Crippen molar-refractivity contribution in [1.82, 2.24) is 10.2 Å². The molecular formula is C20H19Cl2FN2O2. The van der Waals surface area contributed by atoms with Gasteiger partial charge in [0.2, 0.25) is 5.91 Å². The van der Waals surface area contributed by atoms with Crippen LogP contribution in [-0.2, 0) is 11.2 Å². The molecule has 0 spiro atoms. The summed E-state index contributed by atoms with van der Waals surface area (Å²) in [6.45, 7) is 1.13. The zero-order valence-electron chi connectivity index (χ0n) is 14.6. The number of piperidine rings is 1. The summed E-state index contributed by atoms with van der Waals surface area (Å²) in [6.07, 6.45) is 1.58. The lowest BCUT2D eigenvalue weighted by molar-refractivity contribution is -0.131. The van der Waals surface area contributed by atoms with Crippen LogP contribution in [0.4, 0.5) is 4.39 Å². The zero-order valence-corrected chi connectivity index (χ0v) is 16.1. The molecule has 1 aliphatic heterocycles. The van der Waals surface area contributed by atoms with Gasteiger partial charge in [0.1, 0.15) is 5.82 Å². The molecule has 0 radical (unpaired) electrons. The van der Waals surface area contributed by atoms with Gasteiger partial charge in [-0.2, -0.15) is 0 Å². The lowest BCUT2D eigenvalue weighted by Crippen LogP contribution is -2.47. The molecule has 2 amide bonds. The summed E-state index contributed by atoms with van der Waals surface area (Å²) in [5.74, 6) is -0.578. The summed E-state index contributed by atoms with van der Waals surface area (Å²) < 4.78 is 13.0. The van der Waals surface area contributed by atoms with Crippen LogP contribution >= 0.6 is 23.2 Å². The Labute approximate surface area is 167 Å². The summed E-state index contributed by atoms with van der Waals surface area (Å²) in [5.41, 5.74) is 1.13. The molecule has 4 nitrogen and oxygen atoms in total. The molecule has 0 unspecified atom stereocenters. The minimum absolute atomic E-state index is 0.00395. The Kier molecular flexibility index (Phi) is 6.34. The molecule has 2 aromatic rings. The molecule has 1 fully saturated rings. The third-order valence-electron chi connectivity index (χ3n) is 4.62. The maximum Gasteiger partial charge on any atom is 0.253 e. The molecule has 7 heteroatoms. The number of nitrogens with zero attached hydrogens (tertiary/aromatic N) is 1. The van der Waals surface area contributed by atoms with Crippen LogP contribution < -0.4 is 5.32 Å². The second-order valence-electron chi connectivity index (χ2n) is 6.56. The number of halogens is 3. The highest BCUT2D eigenvalue weighted by Gasteiger charge is 2.24. The smallest absolute Gasteiger partial charge is 0.253 e. The van der Waals surface area contributed by atoms with Crippen molar-refractivity contribution in [2.75, 3.05) is 13.1 Å². The fraction of sp³-hybridized carbons (Fsp3) is 0.300. The molecule has 2 aromatic carbocycles. The Balaban J connectivity index is 1.51. The minimum Gasteiger partial charge on any atom is -0.349 e. The third-order valence-corrected chi connectivity index (χ3v) is 5.19. The molecule has 1 aliphatic rings. The zero-order chi connectivity index (χ0) is 19.4. The van der Waals surface area contributed by atoms with Crippen LogP contribution in [0.25, 0.3) is 0 Å². The van der Waals surface area contributed by atoms with Crippen molar-refractivity contribution >= 4 is 35.0 Å². The molecule has 1 heterocycles. The number of likely N-dealkylation sites (tertiary alicyclic amines) is 1. The van der Waals surface area contributed by atoms with E-state index < -0.39 is 0 Å². The number of hydrogen-bond donors (Lipinski definition) is 1. The van der Waals surface area contributed by atoms with Crippen LogP contribution in [0.3, 0.4) is 0 Å². The van der Waals surface area contributed by atoms with Gasteiger partial charge in [-0.25, -0.2) is 4.39 Å². The van der Waals surface area contributed by atoms with Crippen LogP contribution in [0.1, 0.15) is 28.8 Å². The van der Waals surface area contributed by atoms with Crippen molar-refractivity contribution in [3.8, 4) is 0 Å². The fourth-order valence-corrected chi connectivity index (χ4v) is 3.47. The van der Waals surface area contributed by atoms with Gasteiger partial charge in [-0.3, -0.25) is 9.59 Å². The highest BCUT2D eigenvalue weighted by Crippen LogP contribution is 2.21. The first-order chi connectivity index (χ1) is 12.9. The standard InChI is InChI=1S/C20H19Cl2FN2O2/c21-14-3-6-18(22)17(12-14)20(27)24-16-7-9-25(10-8-16)19(26)11-13-1-4-15(23)5-2-13/h1-6,12,16H,7-11H2,(H,24,27).